The van der Waals surface area contributed by atoms with Gasteiger partial charge in [0.05, 0.1) is 6.04 Å². The molecular weight excluding hydrogens is 361 g/mol. The van der Waals surface area contributed by atoms with Crippen molar-refractivity contribution in [1.29, 1.82) is 0 Å². The third-order valence-corrected chi connectivity index (χ3v) is 4.95. The predicted molar refractivity (Wildman–Crippen MR) is 102 cm³/mol. The molecule has 1 fully saturated rings. The minimum absolute atomic E-state index is 0.364. The van der Waals surface area contributed by atoms with E-state index in [1.165, 1.54) is 12.1 Å². The van der Waals surface area contributed by atoms with Crippen LogP contribution in [0.3, 0.4) is 0 Å². The highest BCUT2D eigenvalue weighted by Gasteiger charge is 2.49. The smallest absolute Gasteiger partial charge is 0.325 e. The molecule has 6 nitrogen and oxygen atoms in total. The van der Waals surface area contributed by atoms with Crippen molar-refractivity contribution < 1.29 is 18.8 Å². The van der Waals surface area contributed by atoms with Crippen LogP contribution >= 0.6 is 0 Å². The van der Waals surface area contributed by atoms with Crippen molar-refractivity contribution in [3.8, 4) is 0 Å². The lowest BCUT2D eigenvalue weighted by Crippen LogP contribution is -2.43. The lowest BCUT2D eigenvalue weighted by molar-refractivity contribution is -0.135. The summed E-state index contributed by atoms with van der Waals surface area (Å²) >= 11 is 0. The molecule has 0 saturated carbocycles. The van der Waals surface area contributed by atoms with Crippen LogP contribution < -0.4 is 10.6 Å². The molecule has 0 spiro atoms. The second kappa shape index (κ2) is 7.42. The fourth-order valence-corrected chi connectivity index (χ4v) is 3.19. The Kier molecular flexibility index (Phi) is 5.18. The molecule has 3 rings (SSSR count). The molecule has 0 bridgehead atoms. The Morgan fingerprint density at radius 3 is 2.36 bits per heavy atom. The van der Waals surface area contributed by atoms with Crippen molar-refractivity contribution in [2.75, 3.05) is 6.54 Å². The van der Waals surface area contributed by atoms with Gasteiger partial charge in [0, 0.05) is 0 Å². The molecule has 28 heavy (non-hydrogen) atoms. The first-order valence-electron chi connectivity index (χ1n) is 8.97. The molecule has 2 aromatic carbocycles. The van der Waals surface area contributed by atoms with Crippen molar-refractivity contribution in [3.63, 3.8) is 0 Å². The van der Waals surface area contributed by atoms with E-state index >= 15 is 0 Å². The maximum atomic E-state index is 13.0. The average Bonchev–Trinajstić information content (AvgIpc) is 2.86. The summed E-state index contributed by atoms with van der Waals surface area (Å²) in [5, 5.41) is 5.40. The molecule has 0 radical (unpaired) electrons. The first kappa shape index (κ1) is 19.5. The molecular formula is C21H22FN3O3. The van der Waals surface area contributed by atoms with Gasteiger partial charge in [-0.15, -0.1) is 0 Å². The highest BCUT2D eigenvalue weighted by molar-refractivity contribution is 6.09. The number of nitrogens with one attached hydrogen (secondary N) is 2. The molecule has 1 aliphatic heterocycles. The van der Waals surface area contributed by atoms with Crippen LogP contribution in [0.4, 0.5) is 9.18 Å². The Morgan fingerprint density at radius 1 is 1.14 bits per heavy atom. The molecule has 146 valence electrons. The summed E-state index contributed by atoms with van der Waals surface area (Å²) < 4.78 is 13.0. The van der Waals surface area contributed by atoms with Gasteiger partial charge in [-0.2, -0.15) is 0 Å². The molecule has 1 heterocycles. The number of urea groups is 1. The van der Waals surface area contributed by atoms with E-state index < -0.39 is 36.0 Å². The van der Waals surface area contributed by atoms with E-state index in [9.17, 15) is 18.8 Å². The molecule has 7 heteroatoms. The van der Waals surface area contributed by atoms with Gasteiger partial charge in [-0.25, -0.2) is 9.18 Å². The highest BCUT2D eigenvalue weighted by Crippen LogP contribution is 2.29. The predicted octanol–water partition coefficient (Wildman–Crippen LogP) is 2.78. The molecule has 0 aromatic heterocycles. The number of hydrogen-bond acceptors (Lipinski definition) is 3. The third kappa shape index (κ3) is 3.74. The number of halogens is 1. The minimum Gasteiger partial charge on any atom is -0.348 e. The number of rotatable bonds is 5. The van der Waals surface area contributed by atoms with Crippen LogP contribution in [-0.4, -0.2) is 29.3 Å². The first-order valence-corrected chi connectivity index (χ1v) is 8.97. The van der Waals surface area contributed by atoms with Gasteiger partial charge in [-0.1, -0.05) is 42.0 Å². The van der Waals surface area contributed by atoms with E-state index in [1.54, 1.807) is 38.1 Å². The van der Waals surface area contributed by atoms with Gasteiger partial charge in [0.2, 0.25) is 5.91 Å². The van der Waals surface area contributed by atoms with Crippen molar-refractivity contribution in [2.24, 2.45) is 0 Å². The Hall–Kier alpha value is -3.22. The van der Waals surface area contributed by atoms with Crippen LogP contribution in [0.5, 0.6) is 0 Å². The lowest BCUT2D eigenvalue weighted by Gasteiger charge is -2.22. The highest BCUT2D eigenvalue weighted by atomic mass is 19.1. The van der Waals surface area contributed by atoms with E-state index in [2.05, 4.69) is 10.6 Å². The van der Waals surface area contributed by atoms with E-state index in [-0.39, 0.29) is 5.82 Å². The summed E-state index contributed by atoms with van der Waals surface area (Å²) in [6.07, 6.45) is 0. The maximum absolute atomic E-state index is 13.0. The van der Waals surface area contributed by atoms with Crippen molar-refractivity contribution in [1.82, 2.24) is 15.5 Å². The minimum atomic E-state index is -1.21. The summed E-state index contributed by atoms with van der Waals surface area (Å²) in [6, 6.07) is 12.0. The number of nitrogens with zero attached hydrogens (tertiary/aromatic N) is 1. The average molecular weight is 383 g/mol. The molecule has 0 unspecified atom stereocenters. The van der Waals surface area contributed by atoms with Gasteiger partial charge >= 0.3 is 6.03 Å². The van der Waals surface area contributed by atoms with E-state index in [0.717, 1.165) is 16.0 Å². The standard InChI is InChI=1S/C21H22FN3O3/c1-13-4-8-16(9-5-13)21(3)19(27)25(20(28)24-21)12-18(26)23-14(2)15-6-10-17(22)11-7-15/h4-11,14H,12H2,1-3H3,(H,23,26)(H,24,28)/t14-,21+/m1/s1. The van der Waals surface area contributed by atoms with E-state index in [4.69, 9.17) is 0 Å². The van der Waals surface area contributed by atoms with E-state index in [1.807, 2.05) is 19.1 Å². The monoisotopic (exact) mass is 383 g/mol. The molecule has 4 amide bonds. The SMILES string of the molecule is Cc1ccc([C@]2(C)NC(=O)N(CC(=O)N[C@H](C)c3ccc(F)cc3)C2=O)cc1. The molecule has 1 aliphatic rings. The molecule has 2 N–H and O–H groups in total. The van der Waals surface area contributed by atoms with Crippen molar-refractivity contribution in [3.05, 3.63) is 71.0 Å². The summed E-state index contributed by atoms with van der Waals surface area (Å²) in [4.78, 5) is 38.5. The number of benzene rings is 2. The van der Waals surface area contributed by atoms with Crippen LogP contribution in [0.25, 0.3) is 0 Å². The van der Waals surface area contributed by atoms with Gasteiger partial charge in [0.25, 0.3) is 5.91 Å². The number of carbonyl (C=O) groups excluding carboxylic acids is 3. The zero-order chi connectivity index (χ0) is 20.5. The topological polar surface area (TPSA) is 78.5 Å². The number of imide groups is 1. The number of hydrogen-bond donors (Lipinski definition) is 2. The normalized spacial score (nSPS) is 20.1. The van der Waals surface area contributed by atoms with E-state index in [0.29, 0.717) is 5.56 Å². The van der Waals surface area contributed by atoms with Crippen LogP contribution in [0.15, 0.2) is 48.5 Å². The molecule has 2 aromatic rings. The summed E-state index contributed by atoms with van der Waals surface area (Å²) in [7, 11) is 0. The Bertz CT molecular complexity index is 911. The van der Waals surface area contributed by atoms with Gasteiger partial charge in [0.1, 0.15) is 17.9 Å². The fraction of sp³-hybridized carbons (Fsp3) is 0.286. The Balaban J connectivity index is 1.69. The van der Waals surface area contributed by atoms with Gasteiger partial charge in [-0.3, -0.25) is 14.5 Å². The Morgan fingerprint density at radius 2 is 1.75 bits per heavy atom. The summed E-state index contributed by atoms with van der Waals surface area (Å²) in [5.74, 6) is -1.32. The summed E-state index contributed by atoms with van der Waals surface area (Å²) in [6.45, 7) is 4.90. The maximum Gasteiger partial charge on any atom is 0.325 e. The van der Waals surface area contributed by atoms with Crippen LogP contribution in [0.2, 0.25) is 0 Å². The molecule has 0 aliphatic carbocycles. The van der Waals surface area contributed by atoms with Crippen molar-refractivity contribution >= 4 is 17.8 Å². The quantitative estimate of drug-likeness (QED) is 0.780. The van der Waals surface area contributed by atoms with Gasteiger partial charge in [-0.05, 0) is 44.0 Å². The first-order chi connectivity index (χ1) is 13.2. The second-order valence-corrected chi connectivity index (χ2v) is 7.15. The van der Waals surface area contributed by atoms with Crippen molar-refractivity contribution in [2.45, 2.75) is 32.4 Å². The number of aryl methyl sites for hydroxylation is 1. The largest absolute Gasteiger partial charge is 0.348 e. The molecule has 1 saturated heterocycles. The summed E-state index contributed by atoms with van der Waals surface area (Å²) in [5.41, 5.74) is 1.19. The number of amides is 4. The van der Waals surface area contributed by atoms with Gasteiger partial charge in [0.15, 0.2) is 0 Å². The molecule has 2 atom stereocenters. The Labute approximate surface area is 162 Å². The zero-order valence-electron chi connectivity index (χ0n) is 16.0. The van der Waals surface area contributed by atoms with Gasteiger partial charge < -0.3 is 10.6 Å². The van der Waals surface area contributed by atoms with Crippen LogP contribution in [0.1, 0.15) is 36.6 Å². The zero-order valence-corrected chi connectivity index (χ0v) is 16.0. The van der Waals surface area contributed by atoms with Crippen LogP contribution in [0, 0.1) is 12.7 Å². The fourth-order valence-electron chi connectivity index (χ4n) is 3.19. The lowest BCUT2D eigenvalue weighted by atomic mass is 9.91. The third-order valence-electron chi connectivity index (χ3n) is 4.95. The number of carbonyl (C=O) groups is 3. The second-order valence-electron chi connectivity index (χ2n) is 7.15. The van der Waals surface area contributed by atoms with Crippen LogP contribution in [-0.2, 0) is 15.1 Å².